The molecule has 1 aliphatic rings. The highest BCUT2D eigenvalue weighted by molar-refractivity contribution is 5.44. The van der Waals surface area contributed by atoms with Gasteiger partial charge in [-0.3, -0.25) is 0 Å². The molecule has 2 aromatic rings. The quantitative estimate of drug-likeness (QED) is 0.767. The summed E-state index contributed by atoms with van der Waals surface area (Å²) in [6.07, 6.45) is 2.15. The average molecular weight is 314 g/mol. The zero-order chi connectivity index (χ0) is 15.9. The largest absolute Gasteiger partial charge is 0.381 e. The van der Waals surface area contributed by atoms with Crippen LogP contribution in [0.3, 0.4) is 0 Å². The number of hydrogen-bond acceptors (Lipinski definition) is 3. The van der Waals surface area contributed by atoms with E-state index in [1.165, 1.54) is 17.2 Å². The standard InChI is InChI=1S/C19H23FN2O/c20-17-7-3-4-8-18(17)22-13-12-21-11-9-19-16-6-2-1-5-15(16)10-14-23-19/h1-8,19,21-22H,9-14H2. The van der Waals surface area contributed by atoms with Gasteiger partial charge in [-0.1, -0.05) is 36.4 Å². The van der Waals surface area contributed by atoms with Gasteiger partial charge in [0.25, 0.3) is 0 Å². The summed E-state index contributed by atoms with van der Waals surface area (Å²) in [5, 5.41) is 6.49. The second-order valence-electron chi connectivity index (χ2n) is 5.75. The van der Waals surface area contributed by atoms with Crippen LogP contribution in [0.4, 0.5) is 10.1 Å². The Bertz CT molecular complexity index is 632. The molecule has 3 rings (SSSR count). The lowest BCUT2D eigenvalue weighted by atomic mass is 9.96. The number of ether oxygens (including phenoxy) is 1. The lowest BCUT2D eigenvalue weighted by Crippen LogP contribution is -2.26. The Hall–Kier alpha value is -1.91. The Balaban J connectivity index is 1.37. The van der Waals surface area contributed by atoms with Gasteiger partial charge < -0.3 is 15.4 Å². The van der Waals surface area contributed by atoms with Crippen molar-refractivity contribution in [2.75, 3.05) is 31.6 Å². The molecule has 23 heavy (non-hydrogen) atoms. The molecule has 1 aliphatic heterocycles. The first-order chi connectivity index (χ1) is 11.3. The summed E-state index contributed by atoms with van der Waals surface area (Å²) in [6, 6.07) is 15.3. The topological polar surface area (TPSA) is 33.3 Å². The summed E-state index contributed by atoms with van der Waals surface area (Å²) in [5.41, 5.74) is 3.29. The van der Waals surface area contributed by atoms with Crippen LogP contribution in [0, 0.1) is 5.82 Å². The number of fused-ring (bicyclic) bond motifs is 1. The van der Waals surface area contributed by atoms with Crippen LogP contribution in [-0.4, -0.2) is 26.2 Å². The summed E-state index contributed by atoms with van der Waals surface area (Å²) >= 11 is 0. The minimum atomic E-state index is -0.209. The molecule has 0 fully saturated rings. The summed E-state index contributed by atoms with van der Waals surface area (Å²) in [7, 11) is 0. The molecule has 0 saturated carbocycles. The van der Waals surface area contributed by atoms with Crippen molar-refractivity contribution in [3.05, 3.63) is 65.5 Å². The molecule has 1 heterocycles. The molecule has 4 heteroatoms. The Morgan fingerprint density at radius 2 is 1.83 bits per heavy atom. The Kier molecular flexibility index (Phi) is 5.61. The van der Waals surface area contributed by atoms with Crippen LogP contribution in [0.2, 0.25) is 0 Å². The fraction of sp³-hybridized carbons (Fsp3) is 0.368. The van der Waals surface area contributed by atoms with Crippen molar-refractivity contribution in [3.8, 4) is 0 Å². The molecule has 1 unspecified atom stereocenters. The molecule has 0 radical (unpaired) electrons. The zero-order valence-electron chi connectivity index (χ0n) is 13.2. The van der Waals surface area contributed by atoms with Crippen LogP contribution >= 0.6 is 0 Å². The molecule has 0 saturated heterocycles. The second-order valence-corrected chi connectivity index (χ2v) is 5.75. The summed E-state index contributed by atoms with van der Waals surface area (Å²) in [6.45, 7) is 3.18. The van der Waals surface area contributed by atoms with E-state index in [1.807, 2.05) is 6.07 Å². The molecule has 2 aromatic carbocycles. The van der Waals surface area contributed by atoms with Gasteiger partial charge in [-0.15, -0.1) is 0 Å². The predicted molar refractivity (Wildman–Crippen MR) is 91.2 cm³/mol. The molecule has 0 bridgehead atoms. The first-order valence-corrected chi connectivity index (χ1v) is 8.23. The van der Waals surface area contributed by atoms with Gasteiger partial charge in [0.2, 0.25) is 0 Å². The van der Waals surface area contributed by atoms with Crippen molar-refractivity contribution < 1.29 is 9.13 Å². The average Bonchev–Trinajstić information content (AvgIpc) is 2.59. The van der Waals surface area contributed by atoms with E-state index in [4.69, 9.17) is 4.74 Å². The van der Waals surface area contributed by atoms with Gasteiger partial charge in [-0.25, -0.2) is 4.39 Å². The molecule has 0 aromatic heterocycles. The number of para-hydroxylation sites is 1. The number of benzene rings is 2. The normalized spacial score (nSPS) is 16.8. The number of halogens is 1. The predicted octanol–water partition coefficient (Wildman–Crippen LogP) is 3.53. The molecule has 2 N–H and O–H groups in total. The van der Waals surface area contributed by atoms with Crippen LogP contribution in [0.1, 0.15) is 23.7 Å². The van der Waals surface area contributed by atoms with Gasteiger partial charge in [0.1, 0.15) is 5.82 Å². The van der Waals surface area contributed by atoms with E-state index < -0.39 is 0 Å². The fourth-order valence-electron chi connectivity index (χ4n) is 2.96. The van der Waals surface area contributed by atoms with Crippen molar-refractivity contribution in [3.63, 3.8) is 0 Å². The molecule has 122 valence electrons. The number of nitrogens with one attached hydrogen (secondary N) is 2. The van der Waals surface area contributed by atoms with E-state index in [0.29, 0.717) is 12.2 Å². The van der Waals surface area contributed by atoms with Crippen molar-refractivity contribution >= 4 is 5.69 Å². The lowest BCUT2D eigenvalue weighted by Gasteiger charge is -2.26. The monoisotopic (exact) mass is 314 g/mol. The molecule has 3 nitrogen and oxygen atoms in total. The highest BCUT2D eigenvalue weighted by Crippen LogP contribution is 2.28. The zero-order valence-corrected chi connectivity index (χ0v) is 13.2. The maximum absolute atomic E-state index is 13.4. The van der Waals surface area contributed by atoms with E-state index in [-0.39, 0.29) is 11.9 Å². The highest BCUT2D eigenvalue weighted by Gasteiger charge is 2.19. The Morgan fingerprint density at radius 1 is 1.00 bits per heavy atom. The first kappa shape index (κ1) is 16.0. The van der Waals surface area contributed by atoms with Crippen LogP contribution in [0.15, 0.2) is 48.5 Å². The minimum absolute atomic E-state index is 0.187. The van der Waals surface area contributed by atoms with Crippen LogP contribution in [-0.2, 0) is 11.2 Å². The fourth-order valence-corrected chi connectivity index (χ4v) is 2.96. The van der Waals surface area contributed by atoms with Crippen LogP contribution in [0.25, 0.3) is 0 Å². The molecule has 0 amide bonds. The maximum Gasteiger partial charge on any atom is 0.146 e. The van der Waals surface area contributed by atoms with E-state index in [1.54, 1.807) is 12.1 Å². The van der Waals surface area contributed by atoms with E-state index in [9.17, 15) is 4.39 Å². The second kappa shape index (κ2) is 8.09. The summed E-state index contributed by atoms with van der Waals surface area (Å²) in [4.78, 5) is 0. The van der Waals surface area contributed by atoms with Gasteiger partial charge in [0.05, 0.1) is 18.4 Å². The van der Waals surface area contributed by atoms with Crippen molar-refractivity contribution in [2.45, 2.75) is 18.9 Å². The van der Waals surface area contributed by atoms with Crippen molar-refractivity contribution in [1.29, 1.82) is 0 Å². The smallest absolute Gasteiger partial charge is 0.146 e. The third kappa shape index (κ3) is 4.30. The Labute approximate surface area is 136 Å². The van der Waals surface area contributed by atoms with Gasteiger partial charge >= 0.3 is 0 Å². The molecule has 1 atom stereocenters. The summed E-state index contributed by atoms with van der Waals surface area (Å²) in [5.74, 6) is -0.209. The van der Waals surface area contributed by atoms with Crippen LogP contribution < -0.4 is 10.6 Å². The number of anilines is 1. The van der Waals surface area contributed by atoms with E-state index >= 15 is 0 Å². The molecule has 0 spiro atoms. The minimum Gasteiger partial charge on any atom is -0.381 e. The SMILES string of the molecule is Fc1ccccc1NCCNCCC1OCCc2ccccc21. The first-order valence-electron chi connectivity index (χ1n) is 8.23. The molecular weight excluding hydrogens is 291 g/mol. The van der Waals surface area contributed by atoms with Crippen molar-refractivity contribution in [2.24, 2.45) is 0 Å². The number of hydrogen-bond donors (Lipinski definition) is 2. The van der Waals surface area contributed by atoms with Gasteiger partial charge in [0.15, 0.2) is 0 Å². The van der Waals surface area contributed by atoms with Crippen LogP contribution in [0.5, 0.6) is 0 Å². The van der Waals surface area contributed by atoms with E-state index in [0.717, 1.165) is 32.5 Å². The highest BCUT2D eigenvalue weighted by atomic mass is 19.1. The maximum atomic E-state index is 13.4. The molecule has 0 aliphatic carbocycles. The molecular formula is C19H23FN2O. The lowest BCUT2D eigenvalue weighted by molar-refractivity contribution is 0.0369. The van der Waals surface area contributed by atoms with Gasteiger partial charge in [-0.2, -0.15) is 0 Å². The van der Waals surface area contributed by atoms with Crippen molar-refractivity contribution in [1.82, 2.24) is 5.32 Å². The number of rotatable bonds is 7. The third-order valence-corrected chi connectivity index (χ3v) is 4.17. The summed E-state index contributed by atoms with van der Waals surface area (Å²) < 4.78 is 19.3. The third-order valence-electron chi connectivity index (χ3n) is 4.17. The Morgan fingerprint density at radius 3 is 2.74 bits per heavy atom. The van der Waals surface area contributed by atoms with Gasteiger partial charge in [-0.05, 0) is 42.6 Å². The van der Waals surface area contributed by atoms with Gasteiger partial charge in [0, 0.05) is 13.1 Å². The van der Waals surface area contributed by atoms with E-state index in [2.05, 4.69) is 34.9 Å².